The van der Waals surface area contributed by atoms with E-state index in [0.717, 1.165) is 13.0 Å². The predicted octanol–water partition coefficient (Wildman–Crippen LogP) is 2.26. The number of likely N-dealkylation sites (tertiary alicyclic amines) is 1. The van der Waals surface area contributed by atoms with Gasteiger partial charge in [-0.3, -0.25) is 9.69 Å². The van der Waals surface area contributed by atoms with Crippen molar-refractivity contribution in [1.82, 2.24) is 9.80 Å². The van der Waals surface area contributed by atoms with Gasteiger partial charge >= 0.3 is 0 Å². The number of carbonyl (C=O) groups excluding carboxylic acids is 1. The van der Waals surface area contributed by atoms with Gasteiger partial charge < -0.3 is 4.90 Å². The Morgan fingerprint density at radius 2 is 2.21 bits per heavy atom. The Morgan fingerprint density at radius 3 is 2.79 bits per heavy atom. The highest BCUT2D eigenvalue weighted by Crippen LogP contribution is 2.19. The normalized spacial score (nSPS) is 21.7. The quantitative estimate of drug-likeness (QED) is 0.740. The molecule has 4 heteroatoms. The van der Waals surface area contributed by atoms with E-state index in [1.165, 1.54) is 19.3 Å². The molecule has 4 nitrogen and oxygen atoms in total. The summed E-state index contributed by atoms with van der Waals surface area (Å²) in [4.78, 5) is 16.5. The Balaban J connectivity index is 2.53. The molecule has 2 atom stereocenters. The molecule has 0 aromatic heterocycles. The van der Waals surface area contributed by atoms with E-state index in [-0.39, 0.29) is 11.8 Å². The summed E-state index contributed by atoms with van der Waals surface area (Å²) in [5.74, 6) is 0.0807. The predicted molar refractivity (Wildman–Crippen MR) is 76.5 cm³/mol. The van der Waals surface area contributed by atoms with E-state index in [0.29, 0.717) is 25.7 Å². The average Bonchev–Trinajstić information content (AvgIpc) is 2.44. The van der Waals surface area contributed by atoms with E-state index in [9.17, 15) is 4.79 Å². The maximum absolute atomic E-state index is 12.3. The lowest BCUT2D eigenvalue weighted by molar-refractivity contribution is -0.133. The third-order valence-electron chi connectivity index (χ3n) is 4.01. The van der Waals surface area contributed by atoms with Crippen molar-refractivity contribution in [2.24, 2.45) is 5.92 Å². The first-order valence-electron chi connectivity index (χ1n) is 7.53. The second-order valence-electron chi connectivity index (χ2n) is 5.49. The van der Waals surface area contributed by atoms with Crippen molar-refractivity contribution in [1.29, 1.82) is 5.26 Å². The zero-order chi connectivity index (χ0) is 14.3. The van der Waals surface area contributed by atoms with Crippen molar-refractivity contribution >= 4 is 5.91 Å². The molecule has 0 saturated carbocycles. The van der Waals surface area contributed by atoms with E-state index in [2.05, 4.69) is 17.9 Å². The van der Waals surface area contributed by atoms with Crippen LogP contribution in [0.15, 0.2) is 0 Å². The first kappa shape index (κ1) is 16.0. The standard InChI is InChI=1S/C15H27N3O/c1-4-14-8-6-7-9-18(14)12-15(19)17(5-2)11-13(3)10-16/h13-14H,4-9,11-12H2,1-3H3. The van der Waals surface area contributed by atoms with Gasteiger partial charge in [0.25, 0.3) is 0 Å². The van der Waals surface area contributed by atoms with Crippen LogP contribution in [-0.4, -0.2) is 47.9 Å². The molecule has 1 saturated heterocycles. The summed E-state index contributed by atoms with van der Waals surface area (Å²) in [6.45, 7) is 8.84. The fourth-order valence-corrected chi connectivity index (χ4v) is 2.78. The minimum Gasteiger partial charge on any atom is -0.341 e. The van der Waals surface area contributed by atoms with Crippen LogP contribution in [-0.2, 0) is 4.79 Å². The van der Waals surface area contributed by atoms with Gasteiger partial charge in [0, 0.05) is 19.1 Å². The number of rotatable bonds is 6. The van der Waals surface area contributed by atoms with Crippen LogP contribution in [0.3, 0.4) is 0 Å². The van der Waals surface area contributed by atoms with Crippen LogP contribution in [0.5, 0.6) is 0 Å². The molecule has 0 radical (unpaired) electrons. The molecular weight excluding hydrogens is 238 g/mol. The number of nitriles is 1. The molecule has 0 spiro atoms. The second-order valence-corrected chi connectivity index (χ2v) is 5.49. The fraction of sp³-hybridized carbons (Fsp3) is 0.867. The molecule has 108 valence electrons. The van der Waals surface area contributed by atoms with Gasteiger partial charge in [-0.2, -0.15) is 5.26 Å². The summed E-state index contributed by atoms with van der Waals surface area (Å²) in [5.41, 5.74) is 0. The summed E-state index contributed by atoms with van der Waals surface area (Å²) in [6.07, 6.45) is 4.81. The lowest BCUT2D eigenvalue weighted by Gasteiger charge is -2.36. The van der Waals surface area contributed by atoms with Gasteiger partial charge in [-0.05, 0) is 39.7 Å². The Kier molecular flexibility index (Phi) is 6.86. The maximum Gasteiger partial charge on any atom is 0.236 e. The van der Waals surface area contributed by atoms with Crippen LogP contribution >= 0.6 is 0 Å². The highest BCUT2D eigenvalue weighted by molar-refractivity contribution is 5.78. The molecule has 2 unspecified atom stereocenters. The van der Waals surface area contributed by atoms with Crippen LogP contribution in [0.4, 0.5) is 0 Å². The van der Waals surface area contributed by atoms with Crippen LogP contribution in [0, 0.1) is 17.2 Å². The van der Waals surface area contributed by atoms with Gasteiger partial charge in [0.1, 0.15) is 0 Å². The SMILES string of the molecule is CCC1CCCCN1CC(=O)N(CC)CC(C)C#N. The fourth-order valence-electron chi connectivity index (χ4n) is 2.78. The van der Waals surface area contributed by atoms with E-state index in [4.69, 9.17) is 5.26 Å². The molecule has 1 amide bonds. The van der Waals surface area contributed by atoms with Crippen molar-refractivity contribution in [3.05, 3.63) is 0 Å². The van der Waals surface area contributed by atoms with Gasteiger partial charge in [-0.15, -0.1) is 0 Å². The maximum atomic E-state index is 12.3. The number of hydrogen-bond acceptors (Lipinski definition) is 3. The molecular formula is C15H27N3O. The third kappa shape index (κ3) is 4.83. The Labute approximate surface area is 117 Å². The number of amides is 1. The first-order chi connectivity index (χ1) is 9.12. The second kappa shape index (κ2) is 8.16. The Bertz CT molecular complexity index is 324. The van der Waals surface area contributed by atoms with Gasteiger partial charge in [0.2, 0.25) is 5.91 Å². The van der Waals surface area contributed by atoms with Crippen molar-refractivity contribution in [3.8, 4) is 6.07 Å². The van der Waals surface area contributed by atoms with Crippen molar-refractivity contribution in [3.63, 3.8) is 0 Å². The summed E-state index contributed by atoms with van der Waals surface area (Å²) in [7, 11) is 0. The zero-order valence-corrected chi connectivity index (χ0v) is 12.6. The van der Waals surface area contributed by atoms with Gasteiger partial charge in [-0.25, -0.2) is 0 Å². The van der Waals surface area contributed by atoms with E-state index < -0.39 is 0 Å². The topological polar surface area (TPSA) is 47.3 Å². The highest BCUT2D eigenvalue weighted by Gasteiger charge is 2.25. The van der Waals surface area contributed by atoms with E-state index in [1.54, 1.807) is 0 Å². The summed E-state index contributed by atoms with van der Waals surface area (Å²) in [6, 6.07) is 2.76. The van der Waals surface area contributed by atoms with Crippen molar-refractivity contribution in [2.45, 2.75) is 52.5 Å². The molecule has 0 aromatic carbocycles. The smallest absolute Gasteiger partial charge is 0.236 e. The zero-order valence-electron chi connectivity index (χ0n) is 12.6. The molecule has 1 heterocycles. The number of nitrogens with zero attached hydrogens (tertiary/aromatic N) is 3. The minimum absolute atomic E-state index is 0.0905. The summed E-state index contributed by atoms with van der Waals surface area (Å²) >= 11 is 0. The van der Waals surface area contributed by atoms with E-state index in [1.807, 2.05) is 18.7 Å². The van der Waals surface area contributed by atoms with E-state index >= 15 is 0 Å². The largest absolute Gasteiger partial charge is 0.341 e. The number of carbonyl (C=O) groups is 1. The van der Waals surface area contributed by atoms with Gasteiger partial charge in [0.15, 0.2) is 0 Å². The van der Waals surface area contributed by atoms with Crippen LogP contribution in [0.2, 0.25) is 0 Å². The summed E-state index contributed by atoms with van der Waals surface area (Å²) < 4.78 is 0. The molecule has 0 aliphatic carbocycles. The minimum atomic E-state index is -0.0905. The molecule has 1 fully saturated rings. The Hall–Kier alpha value is -1.08. The number of piperidine rings is 1. The molecule has 19 heavy (non-hydrogen) atoms. The lowest BCUT2D eigenvalue weighted by atomic mass is 10.00. The summed E-state index contributed by atoms with van der Waals surface area (Å²) in [5, 5.41) is 8.86. The highest BCUT2D eigenvalue weighted by atomic mass is 16.2. The monoisotopic (exact) mass is 265 g/mol. The number of likely N-dealkylation sites (N-methyl/N-ethyl adjacent to an activating group) is 1. The molecule has 1 aliphatic rings. The molecule has 0 N–H and O–H groups in total. The van der Waals surface area contributed by atoms with Crippen LogP contribution < -0.4 is 0 Å². The van der Waals surface area contributed by atoms with Crippen LogP contribution in [0.1, 0.15) is 46.5 Å². The third-order valence-corrected chi connectivity index (χ3v) is 4.01. The molecule has 1 rings (SSSR count). The molecule has 0 aromatic rings. The van der Waals surface area contributed by atoms with Crippen LogP contribution in [0.25, 0.3) is 0 Å². The van der Waals surface area contributed by atoms with Gasteiger partial charge in [-0.1, -0.05) is 13.3 Å². The lowest BCUT2D eigenvalue weighted by Crippen LogP contribution is -2.47. The first-order valence-corrected chi connectivity index (χ1v) is 7.53. The van der Waals surface area contributed by atoms with Gasteiger partial charge in [0.05, 0.1) is 18.5 Å². The molecule has 1 aliphatic heterocycles. The number of hydrogen-bond donors (Lipinski definition) is 0. The average molecular weight is 265 g/mol. The van der Waals surface area contributed by atoms with Crippen molar-refractivity contribution < 1.29 is 4.79 Å². The Morgan fingerprint density at radius 1 is 1.47 bits per heavy atom. The van der Waals surface area contributed by atoms with Crippen molar-refractivity contribution in [2.75, 3.05) is 26.2 Å². The molecule has 0 bridgehead atoms.